The Morgan fingerprint density at radius 1 is 1.00 bits per heavy atom. The molecule has 31 heavy (non-hydrogen) atoms. The highest BCUT2D eigenvalue weighted by atomic mass is 35.5. The molecule has 3 atom stereocenters. The molecule has 2 aliphatic heterocycles. The van der Waals surface area contributed by atoms with Gasteiger partial charge < -0.3 is 9.80 Å². The van der Waals surface area contributed by atoms with Crippen LogP contribution in [0.4, 0.5) is 0 Å². The summed E-state index contributed by atoms with van der Waals surface area (Å²) < 4.78 is 0. The van der Waals surface area contributed by atoms with E-state index in [1.807, 2.05) is 0 Å². The molecule has 0 radical (unpaired) electrons. The minimum absolute atomic E-state index is 0.117. The molecular formula is C25H44ClN3O2. The van der Waals surface area contributed by atoms with Crippen molar-refractivity contribution in [3.8, 4) is 0 Å². The van der Waals surface area contributed by atoms with E-state index in [2.05, 4.69) is 11.8 Å². The SMILES string of the molecule is CC1CC2CCCCC2N1CC1CCC(Cl)CC1.CN(C)C(=O)C1CCN(C=O)CC1. The standard InChI is InChI=1S/C16H28ClN.C9H16N2O2/c1-12-10-14-4-2-3-5-16(14)18(12)11-13-6-8-15(17)9-7-13;1-10(2)9(13)8-3-5-11(7-12)6-4-8/h12-16H,2-11H2,1H3;7-8H,3-6H2,1-2H3. The van der Waals surface area contributed by atoms with Crippen molar-refractivity contribution < 1.29 is 9.59 Å². The van der Waals surface area contributed by atoms with Gasteiger partial charge in [0.1, 0.15) is 0 Å². The Labute approximate surface area is 194 Å². The zero-order valence-corrected chi connectivity index (χ0v) is 20.7. The normalized spacial score (nSPS) is 34.5. The molecule has 0 spiro atoms. The van der Waals surface area contributed by atoms with Gasteiger partial charge in [0.05, 0.1) is 0 Å². The molecule has 2 saturated heterocycles. The van der Waals surface area contributed by atoms with Crippen molar-refractivity contribution >= 4 is 23.9 Å². The predicted molar refractivity (Wildman–Crippen MR) is 127 cm³/mol. The van der Waals surface area contributed by atoms with E-state index < -0.39 is 0 Å². The van der Waals surface area contributed by atoms with Gasteiger partial charge in [0.2, 0.25) is 12.3 Å². The van der Waals surface area contributed by atoms with Crippen molar-refractivity contribution in [2.75, 3.05) is 33.7 Å². The maximum Gasteiger partial charge on any atom is 0.225 e. The number of rotatable bonds is 4. The third kappa shape index (κ3) is 6.83. The number of alkyl halides is 1. The number of nitrogens with zero attached hydrogens (tertiary/aromatic N) is 3. The number of fused-ring (bicyclic) bond motifs is 1. The van der Waals surface area contributed by atoms with Crippen LogP contribution in [0.3, 0.4) is 0 Å². The van der Waals surface area contributed by atoms with E-state index in [0.29, 0.717) is 18.5 Å². The Balaban J connectivity index is 0.000000187. The fraction of sp³-hybridized carbons (Fsp3) is 0.920. The summed E-state index contributed by atoms with van der Waals surface area (Å²) >= 11 is 6.22. The third-order valence-corrected chi connectivity index (χ3v) is 8.66. The molecule has 3 unspecified atom stereocenters. The summed E-state index contributed by atoms with van der Waals surface area (Å²) in [5.41, 5.74) is 0. The fourth-order valence-electron chi connectivity index (χ4n) is 6.33. The van der Waals surface area contributed by atoms with Crippen LogP contribution in [-0.4, -0.2) is 78.2 Å². The summed E-state index contributed by atoms with van der Waals surface area (Å²) in [6.45, 7) is 5.26. The van der Waals surface area contributed by atoms with Gasteiger partial charge in [-0.3, -0.25) is 14.5 Å². The van der Waals surface area contributed by atoms with Crippen LogP contribution >= 0.6 is 11.6 Å². The number of hydrogen-bond donors (Lipinski definition) is 0. The van der Waals surface area contributed by atoms with Crippen molar-refractivity contribution in [2.45, 2.75) is 95.0 Å². The van der Waals surface area contributed by atoms with E-state index >= 15 is 0 Å². The lowest BCUT2D eigenvalue weighted by Gasteiger charge is -2.37. The lowest BCUT2D eigenvalue weighted by molar-refractivity contribution is -0.135. The van der Waals surface area contributed by atoms with Crippen LogP contribution in [0.15, 0.2) is 0 Å². The Bertz CT molecular complexity index is 571. The van der Waals surface area contributed by atoms with Gasteiger partial charge >= 0.3 is 0 Å². The number of likely N-dealkylation sites (tertiary alicyclic amines) is 2. The van der Waals surface area contributed by atoms with Gasteiger partial charge in [0.15, 0.2) is 0 Å². The summed E-state index contributed by atoms with van der Waals surface area (Å²) in [6, 6.07) is 1.77. The Morgan fingerprint density at radius 2 is 1.65 bits per heavy atom. The second-order valence-electron chi connectivity index (χ2n) is 10.7. The largest absolute Gasteiger partial charge is 0.349 e. The number of amides is 2. The predicted octanol–water partition coefficient (Wildman–Crippen LogP) is 4.38. The van der Waals surface area contributed by atoms with E-state index in [1.54, 1.807) is 23.9 Å². The van der Waals surface area contributed by atoms with Crippen molar-refractivity contribution in [1.82, 2.24) is 14.7 Å². The Hall–Kier alpha value is -0.810. The van der Waals surface area contributed by atoms with Crippen LogP contribution in [0.25, 0.3) is 0 Å². The minimum atomic E-state index is 0.117. The maximum atomic E-state index is 11.5. The smallest absolute Gasteiger partial charge is 0.225 e. The average molecular weight is 454 g/mol. The second-order valence-corrected chi connectivity index (χ2v) is 11.3. The Kier molecular flexibility index (Phi) is 9.51. The molecule has 2 saturated carbocycles. The molecule has 0 aromatic carbocycles. The zero-order chi connectivity index (χ0) is 22.4. The van der Waals surface area contributed by atoms with Crippen LogP contribution in [0.1, 0.15) is 77.6 Å². The summed E-state index contributed by atoms with van der Waals surface area (Å²) in [4.78, 5) is 28.1. The van der Waals surface area contributed by atoms with E-state index in [1.165, 1.54) is 64.3 Å². The van der Waals surface area contributed by atoms with E-state index in [-0.39, 0.29) is 11.8 Å². The molecule has 4 fully saturated rings. The molecule has 178 valence electrons. The van der Waals surface area contributed by atoms with E-state index in [4.69, 9.17) is 11.6 Å². The van der Waals surface area contributed by atoms with Gasteiger partial charge in [0, 0.05) is 57.1 Å². The molecule has 4 rings (SSSR count). The molecule has 6 heteroatoms. The fourth-order valence-corrected chi connectivity index (χ4v) is 6.59. The van der Waals surface area contributed by atoms with Crippen LogP contribution < -0.4 is 0 Å². The topological polar surface area (TPSA) is 43.9 Å². The summed E-state index contributed by atoms with van der Waals surface area (Å²) in [7, 11) is 3.54. The molecule has 0 aromatic rings. The summed E-state index contributed by atoms with van der Waals surface area (Å²) in [6.07, 6.45) is 15.1. The molecule has 2 amide bonds. The van der Waals surface area contributed by atoms with Crippen LogP contribution in [0, 0.1) is 17.8 Å². The minimum Gasteiger partial charge on any atom is -0.349 e. The molecule has 0 N–H and O–H groups in total. The van der Waals surface area contributed by atoms with E-state index in [0.717, 1.165) is 43.2 Å². The van der Waals surface area contributed by atoms with Crippen molar-refractivity contribution in [2.24, 2.45) is 17.8 Å². The second kappa shape index (κ2) is 11.9. The maximum absolute atomic E-state index is 11.5. The highest BCUT2D eigenvalue weighted by Crippen LogP contribution is 2.41. The quantitative estimate of drug-likeness (QED) is 0.468. The summed E-state index contributed by atoms with van der Waals surface area (Å²) in [5, 5.41) is 0.472. The molecule has 0 aromatic heterocycles. The number of carbonyl (C=O) groups is 2. The molecule has 4 aliphatic rings. The Morgan fingerprint density at radius 3 is 2.26 bits per heavy atom. The monoisotopic (exact) mass is 453 g/mol. The number of piperidine rings is 1. The highest BCUT2D eigenvalue weighted by molar-refractivity contribution is 6.20. The van der Waals surface area contributed by atoms with Gasteiger partial charge in [-0.15, -0.1) is 11.6 Å². The molecule has 2 heterocycles. The molecule has 0 bridgehead atoms. The van der Waals surface area contributed by atoms with Gasteiger partial charge in [-0.2, -0.15) is 0 Å². The van der Waals surface area contributed by atoms with Crippen LogP contribution in [0.2, 0.25) is 0 Å². The van der Waals surface area contributed by atoms with Gasteiger partial charge in [0.25, 0.3) is 0 Å². The van der Waals surface area contributed by atoms with Gasteiger partial charge in [-0.1, -0.05) is 12.8 Å². The first-order valence-corrected chi connectivity index (χ1v) is 13.1. The number of halogens is 1. The highest BCUT2D eigenvalue weighted by Gasteiger charge is 2.40. The number of carbonyl (C=O) groups excluding carboxylic acids is 2. The van der Waals surface area contributed by atoms with Crippen LogP contribution in [0.5, 0.6) is 0 Å². The molecule has 5 nitrogen and oxygen atoms in total. The van der Waals surface area contributed by atoms with Crippen LogP contribution in [-0.2, 0) is 9.59 Å². The van der Waals surface area contributed by atoms with Crippen molar-refractivity contribution in [3.63, 3.8) is 0 Å². The average Bonchev–Trinajstić information content (AvgIpc) is 3.10. The van der Waals surface area contributed by atoms with Gasteiger partial charge in [-0.25, -0.2) is 0 Å². The van der Waals surface area contributed by atoms with Crippen molar-refractivity contribution in [1.29, 1.82) is 0 Å². The first-order chi connectivity index (χ1) is 14.9. The lowest BCUT2D eigenvalue weighted by atomic mass is 9.84. The number of hydrogen-bond acceptors (Lipinski definition) is 3. The first kappa shape index (κ1) is 24.8. The molecule has 2 aliphatic carbocycles. The summed E-state index contributed by atoms with van der Waals surface area (Å²) in [5.74, 6) is 2.26. The zero-order valence-electron chi connectivity index (χ0n) is 20.0. The first-order valence-electron chi connectivity index (χ1n) is 12.7. The molecular weight excluding hydrogens is 410 g/mol. The lowest BCUT2D eigenvalue weighted by Crippen LogP contribution is -2.41. The van der Waals surface area contributed by atoms with Gasteiger partial charge in [-0.05, 0) is 76.5 Å². The third-order valence-electron chi connectivity index (χ3n) is 8.22. The van der Waals surface area contributed by atoms with Crippen molar-refractivity contribution in [3.05, 3.63) is 0 Å². The van der Waals surface area contributed by atoms with E-state index in [9.17, 15) is 9.59 Å².